The molecule has 2 rings (SSSR count). The highest BCUT2D eigenvalue weighted by molar-refractivity contribution is 5.40. The molecule has 0 bridgehead atoms. The zero-order valence-corrected chi connectivity index (χ0v) is 10.3. The molecule has 1 aliphatic rings. The van der Waals surface area contributed by atoms with E-state index in [1.165, 1.54) is 24.0 Å². The van der Waals surface area contributed by atoms with E-state index in [9.17, 15) is 0 Å². The Bertz CT molecular complexity index is 343. The third-order valence-corrected chi connectivity index (χ3v) is 3.44. The number of methoxy groups -OCH3 is 1. The van der Waals surface area contributed by atoms with Gasteiger partial charge in [-0.15, -0.1) is 0 Å². The quantitative estimate of drug-likeness (QED) is 0.844. The summed E-state index contributed by atoms with van der Waals surface area (Å²) in [6, 6.07) is 6.60. The molecule has 88 valence electrons. The van der Waals surface area contributed by atoms with Crippen LogP contribution >= 0.6 is 0 Å². The number of aryl methyl sites for hydroxylation is 1. The van der Waals surface area contributed by atoms with E-state index in [-0.39, 0.29) is 0 Å². The summed E-state index contributed by atoms with van der Waals surface area (Å²) in [6.07, 6.45) is 3.64. The van der Waals surface area contributed by atoms with Crippen LogP contribution in [0.1, 0.15) is 36.8 Å². The van der Waals surface area contributed by atoms with Crippen LogP contribution in [0.3, 0.4) is 0 Å². The van der Waals surface area contributed by atoms with Gasteiger partial charge in [-0.1, -0.05) is 19.1 Å². The van der Waals surface area contributed by atoms with E-state index in [2.05, 4.69) is 30.4 Å². The lowest BCUT2D eigenvalue weighted by Gasteiger charge is -2.25. The summed E-state index contributed by atoms with van der Waals surface area (Å²) < 4.78 is 5.47. The molecule has 2 nitrogen and oxygen atoms in total. The van der Waals surface area contributed by atoms with Gasteiger partial charge in [0.1, 0.15) is 5.75 Å². The number of piperidine rings is 1. The van der Waals surface area contributed by atoms with Crippen LogP contribution in [0.2, 0.25) is 0 Å². The molecule has 1 N–H and O–H groups in total. The normalized spacial score (nSPS) is 20.8. The van der Waals surface area contributed by atoms with E-state index in [4.69, 9.17) is 4.74 Å². The van der Waals surface area contributed by atoms with Gasteiger partial charge >= 0.3 is 0 Å². The fraction of sp³-hybridized carbons (Fsp3) is 0.571. The van der Waals surface area contributed by atoms with Crippen molar-refractivity contribution in [2.45, 2.75) is 32.1 Å². The van der Waals surface area contributed by atoms with Crippen molar-refractivity contribution in [3.05, 3.63) is 29.3 Å². The molecular weight excluding hydrogens is 198 g/mol. The second-order valence-corrected chi connectivity index (χ2v) is 4.47. The SMILES string of the molecule is CCc1ccc(OC)c(C2CCCNC2)c1. The number of hydrogen-bond donors (Lipinski definition) is 1. The standard InChI is InChI=1S/C14H21NO/c1-3-11-6-7-14(16-2)13(9-11)12-5-4-8-15-10-12/h6-7,9,12,15H,3-5,8,10H2,1-2H3. The van der Waals surface area contributed by atoms with Crippen molar-refractivity contribution in [3.63, 3.8) is 0 Å². The minimum atomic E-state index is 0.621. The van der Waals surface area contributed by atoms with Gasteiger partial charge in [0.15, 0.2) is 0 Å². The van der Waals surface area contributed by atoms with Crippen molar-refractivity contribution in [3.8, 4) is 5.75 Å². The molecule has 1 fully saturated rings. The summed E-state index contributed by atoms with van der Waals surface area (Å²) in [5, 5.41) is 3.47. The van der Waals surface area contributed by atoms with E-state index in [1.807, 2.05) is 0 Å². The molecule has 0 saturated carbocycles. The van der Waals surface area contributed by atoms with Crippen molar-refractivity contribution >= 4 is 0 Å². The first-order valence-electron chi connectivity index (χ1n) is 6.22. The lowest BCUT2D eigenvalue weighted by Crippen LogP contribution is -2.28. The van der Waals surface area contributed by atoms with Gasteiger partial charge in [0, 0.05) is 12.5 Å². The molecule has 1 aromatic rings. The van der Waals surface area contributed by atoms with Gasteiger partial charge in [-0.2, -0.15) is 0 Å². The molecule has 16 heavy (non-hydrogen) atoms. The zero-order chi connectivity index (χ0) is 11.4. The predicted octanol–water partition coefficient (Wildman–Crippen LogP) is 2.72. The third kappa shape index (κ3) is 2.38. The molecule has 1 unspecified atom stereocenters. The van der Waals surface area contributed by atoms with Gasteiger partial charge in [-0.05, 0) is 43.0 Å². The van der Waals surface area contributed by atoms with E-state index in [1.54, 1.807) is 7.11 Å². The summed E-state index contributed by atoms with van der Waals surface area (Å²) in [5.41, 5.74) is 2.79. The molecular formula is C14H21NO. The number of benzene rings is 1. The maximum absolute atomic E-state index is 5.47. The van der Waals surface area contributed by atoms with Crippen LogP contribution in [-0.2, 0) is 6.42 Å². The summed E-state index contributed by atoms with van der Waals surface area (Å²) in [5.74, 6) is 1.67. The molecule has 1 atom stereocenters. The predicted molar refractivity (Wildman–Crippen MR) is 67.2 cm³/mol. The zero-order valence-electron chi connectivity index (χ0n) is 10.3. The van der Waals surface area contributed by atoms with Gasteiger partial charge in [0.05, 0.1) is 7.11 Å². The van der Waals surface area contributed by atoms with Crippen molar-refractivity contribution in [2.75, 3.05) is 20.2 Å². The highest BCUT2D eigenvalue weighted by Crippen LogP contribution is 2.31. The number of ether oxygens (including phenoxy) is 1. The Kier molecular flexibility index (Phi) is 3.83. The molecule has 1 aromatic carbocycles. The topological polar surface area (TPSA) is 21.3 Å². The van der Waals surface area contributed by atoms with Crippen LogP contribution in [-0.4, -0.2) is 20.2 Å². The number of hydrogen-bond acceptors (Lipinski definition) is 2. The molecule has 0 aliphatic carbocycles. The largest absolute Gasteiger partial charge is 0.496 e. The highest BCUT2D eigenvalue weighted by Gasteiger charge is 2.18. The first-order valence-corrected chi connectivity index (χ1v) is 6.22. The molecule has 0 radical (unpaired) electrons. The van der Waals surface area contributed by atoms with Gasteiger partial charge < -0.3 is 10.1 Å². The first kappa shape index (κ1) is 11.5. The Morgan fingerprint density at radius 3 is 2.94 bits per heavy atom. The Hall–Kier alpha value is -1.02. The van der Waals surface area contributed by atoms with Crippen LogP contribution in [0.25, 0.3) is 0 Å². The molecule has 0 amide bonds. The van der Waals surface area contributed by atoms with E-state index >= 15 is 0 Å². The Balaban J connectivity index is 2.27. The van der Waals surface area contributed by atoms with Crippen LogP contribution in [0, 0.1) is 0 Å². The molecule has 1 saturated heterocycles. The van der Waals surface area contributed by atoms with Crippen molar-refractivity contribution in [1.29, 1.82) is 0 Å². The van der Waals surface area contributed by atoms with Crippen LogP contribution in [0.15, 0.2) is 18.2 Å². The maximum Gasteiger partial charge on any atom is 0.122 e. The second-order valence-electron chi connectivity index (χ2n) is 4.47. The van der Waals surface area contributed by atoms with E-state index in [0.29, 0.717) is 5.92 Å². The fourth-order valence-electron chi connectivity index (χ4n) is 2.44. The summed E-state index contributed by atoms with van der Waals surface area (Å²) >= 11 is 0. The molecule has 1 aliphatic heterocycles. The fourth-order valence-corrected chi connectivity index (χ4v) is 2.44. The number of rotatable bonds is 3. The van der Waals surface area contributed by atoms with Crippen molar-refractivity contribution in [1.82, 2.24) is 5.32 Å². The molecule has 0 spiro atoms. The highest BCUT2D eigenvalue weighted by atomic mass is 16.5. The second kappa shape index (κ2) is 5.35. The van der Waals surface area contributed by atoms with Crippen LogP contribution in [0.4, 0.5) is 0 Å². The first-order chi connectivity index (χ1) is 7.85. The summed E-state index contributed by atoms with van der Waals surface area (Å²) in [4.78, 5) is 0. The van der Waals surface area contributed by atoms with Crippen LogP contribution in [0.5, 0.6) is 5.75 Å². The van der Waals surface area contributed by atoms with Gasteiger partial charge in [0.25, 0.3) is 0 Å². The minimum Gasteiger partial charge on any atom is -0.496 e. The number of nitrogens with one attached hydrogen (secondary N) is 1. The third-order valence-electron chi connectivity index (χ3n) is 3.44. The average molecular weight is 219 g/mol. The Morgan fingerprint density at radius 2 is 2.31 bits per heavy atom. The monoisotopic (exact) mass is 219 g/mol. The Morgan fingerprint density at radius 1 is 1.44 bits per heavy atom. The smallest absolute Gasteiger partial charge is 0.122 e. The summed E-state index contributed by atoms with van der Waals surface area (Å²) in [6.45, 7) is 4.44. The van der Waals surface area contributed by atoms with Gasteiger partial charge in [0.2, 0.25) is 0 Å². The van der Waals surface area contributed by atoms with E-state index < -0.39 is 0 Å². The average Bonchev–Trinajstić information content (AvgIpc) is 2.39. The van der Waals surface area contributed by atoms with E-state index in [0.717, 1.165) is 25.3 Å². The van der Waals surface area contributed by atoms with Crippen molar-refractivity contribution in [2.24, 2.45) is 0 Å². The Labute approximate surface area is 98.0 Å². The lowest BCUT2D eigenvalue weighted by atomic mass is 9.89. The molecule has 1 heterocycles. The molecule has 2 heteroatoms. The van der Waals surface area contributed by atoms with Gasteiger partial charge in [-0.25, -0.2) is 0 Å². The van der Waals surface area contributed by atoms with Gasteiger partial charge in [-0.3, -0.25) is 0 Å². The lowest BCUT2D eigenvalue weighted by molar-refractivity contribution is 0.392. The summed E-state index contributed by atoms with van der Waals surface area (Å²) in [7, 11) is 1.76. The van der Waals surface area contributed by atoms with Crippen molar-refractivity contribution < 1.29 is 4.74 Å². The molecule has 0 aromatic heterocycles. The maximum atomic E-state index is 5.47. The minimum absolute atomic E-state index is 0.621. The van der Waals surface area contributed by atoms with Crippen LogP contribution < -0.4 is 10.1 Å².